The molecule has 2 aliphatic rings. The average molecular weight is 342 g/mol. The number of nitrogens with zero attached hydrogens (tertiary/aromatic N) is 3. The lowest BCUT2D eigenvalue weighted by Gasteiger charge is -2.33. The Morgan fingerprint density at radius 3 is 2.57 bits per heavy atom. The van der Waals surface area contributed by atoms with Gasteiger partial charge in [-0.05, 0) is 32.6 Å². The van der Waals surface area contributed by atoms with Crippen LogP contribution < -0.4 is 5.14 Å². The maximum absolute atomic E-state index is 12.8. The number of carbonyl (C=O) groups excluding carboxylic acids is 1. The standard InChI is InChI=1S/C14H22N4O4S/c1-10-9-13(22-16-10)12-3-2-6-18(12)14(19)11-4-7-17(8-5-11)23(15,20)21/h9,11-12H,2-8H2,1H3,(H2,15,20,21)/t12-/m1/s1. The van der Waals surface area contributed by atoms with Gasteiger partial charge in [0.2, 0.25) is 5.91 Å². The minimum absolute atomic E-state index is 0.0556. The van der Waals surface area contributed by atoms with Crippen molar-refractivity contribution >= 4 is 16.1 Å². The fourth-order valence-corrected chi connectivity index (χ4v) is 4.18. The molecule has 1 aromatic rings. The van der Waals surface area contributed by atoms with Gasteiger partial charge < -0.3 is 9.42 Å². The SMILES string of the molecule is Cc1cc([C@H]2CCCN2C(=O)C2CCN(S(N)(=O)=O)CC2)on1. The lowest BCUT2D eigenvalue weighted by molar-refractivity contribution is -0.138. The van der Waals surface area contributed by atoms with Crippen molar-refractivity contribution in [2.24, 2.45) is 11.1 Å². The van der Waals surface area contributed by atoms with E-state index >= 15 is 0 Å². The maximum atomic E-state index is 12.8. The minimum atomic E-state index is -3.66. The predicted octanol–water partition coefficient (Wildman–Crippen LogP) is 0.562. The molecule has 2 N–H and O–H groups in total. The first kappa shape index (κ1) is 16.4. The second-order valence-corrected chi connectivity index (χ2v) is 7.82. The van der Waals surface area contributed by atoms with Crippen molar-refractivity contribution in [3.05, 3.63) is 17.5 Å². The van der Waals surface area contributed by atoms with Gasteiger partial charge >= 0.3 is 0 Å². The van der Waals surface area contributed by atoms with Crippen LogP contribution in [0.25, 0.3) is 0 Å². The van der Waals surface area contributed by atoms with E-state index in [4.69, 9.17) is 9.66 Å². The Bertz CT molecular complexity index is 679. The van der Waals surface area contributed by atoms with E-state index in [1.807, 2.05) is 17.9 Å². The summed E-state index contributed by atoms with van der Waals surface area (Å²) in [5, 5.41) is 9.04. The first-order chi connectivity index (χ1) is 10.9. The molecule has 3 rings (SSSR count). The van der Waals surface area contributed by atoms with Gasteiger partial charge in [-0.3, -0.25) is 4.79 Å². The van der Waals surface area contributed by atoms with Gasteiger partial charge in [0.05, 0.1) is 11.7 Å². The molecule has 23 heavy (non-hydrogen) atoms. The molecule has 0 bridgehead atoms. The highest BCUT2D eigenvalue weighted by molar-refractivity contribution is 7.86. The third-order valence-electron chi connectivity index (χ3n) is 4.67. The van der Waals surface area contributed by atoms with Crippen molar-refractivity contribution in [3.8, 4) is 0 Å². The van der Waals surface area contributed by atoms with Crippen molar-refractivity contribution in [1.82, 2.24) is 14.4 Å². The van der Waals surface area contributed by atoms with Crippen LogP contribution in [-0.2, 0) is 15.0 Å². The smallest absolute Gasteiger partial charge is 0.276 e. The number of piperidine rings is 1. The molecule has 0 saturated carbocycles. The summed E-state index contributed by atoms with van der Waals surface area (Å²) >= 11 is 0. The Morgan fingerprint density at radius 2 is 2.00 bits per heavy atom. The number of carbonyl (C=O) groups is 1. The van der Waals surface area contributed by atoms with Crippen LogP contribution in [0.15, 0.2) is 10.6 Å². The van der Waals surface area contributed by atoms with Crippen LogP contribution in [0.1, 0.15) is 43.2 Å². The Morgan fingerprint density at radius 1 is 1.30 bits per heavy atom. The molecule has 0 aromatic carbocycles. The molecule has 8 nitrogen and oxygen atoms in total. The van der Waals surface area contributed by atoms with Gasteiger partial charge in [-0.1, -0.05) is 5.16 Å². The molecule has 2 aliphatic heterocycles. The number of likely N-dealkylation sites (tertiary alicyclic amines) is 1. The molecule has 0 unspecified atom stereocenters. The zero-order valence-corrected chi connectivity index (χ0v) is 14.0. The summed E-state index contributed by atoms with van der Waals surface area (Å²) in [7, 11) is -3.66. The normalized spacial score (nSPS) is 24.3. The number of nitrogens with two attached hydrogens (primary N) is 1. The van der Waals surface area contributed by atoms with Crippen LogP contribution in [0, 0.1) is 12.8 Å². The van der Waals surface area contributed by atoms with Crippen LogP contribution in [0.2, 0.25) is 0 Å². The largest absolute Gasteiger partial charge is 0.359 e. The minimum Gasteiger partial charge on any atom is -0.359 e. The molecule has 1 aromatic heterocycles. The van der Waals surface area contributed by atoms with Crippen molar-refractivity contribution < 1.29 is 17.7 Å². The number of hydrogen-bond donors (Lipinski definition) is 1. The van der Waals surface area contributed by atoms with E-state index < -0.39 is 10.2 Å². The molecular weight excluding hydrogens is 320 g/mol. The highest BCUT2D eigenvalue weighted by Gasteiger charge is 2.38. The van der Waals surface area contributed by atoms with Crippen LogP contribution in [0.3, 0.4) is 0 Å². The molecule has 9 heteroatoms. The monoisotopic (exact) mass is 342 g/mol. The molecule has 3 heterocycles. The number of rotatable bonds is 3. The van der Waals surface area contributed by atoms with E-state index in [-0.39, 0.29) is 17.9 Å². The summed E-state index contributed by atoms with van der Waals surface area (Å²) in [5.41, 5.74) is 0.806. The summed E-state index contributed by atoms with van der Waals surface area (Å²) in [4.78, 5) is 14.7. The Labute approximate surface area is 135 Å². The van der Waals surface area contributed by atoms with E-state index in [1.54, 1.807) is 0 Å². The van der Waals surface area contributed by atoms with Crippen molar-refractivity contribution in [1.29, 1.82) is 0 Å². The summed E-state index contributed by atoms with van der Waals surface area (Å²) in [6.45, 7) is 3.17. The highest BCUT2D eigenvalue weighted by atomic mass is 32.2. The number of aryl methyl sites for hydroxylation is 1. The molecule has 0 spiro atoms. The van der Waals surface area contributed by atoms with E-state index in [2.05, 4.69) is 5.16 Å². The van der Waals surface area contributed by atoms with Crippen molar-refractivity contribution in [2.75, 3.05) is 19.6 Å². The lowest BCUT2D eigenvalue weighted by Crippen LogP contribution is -2.46. The van der Waals surface area contributed by atoms with Crippen molar-refractivity contribution in [2.45, 2.75) is 38.6 Å². The average Bonchev–Trinajstić information content (AvgIpc) is 3.14. The first-order valence-electron chi connectivity index (χ1n) is 7.88. The van der Waals surface area contributed by atoms with Crippen LogP contribution in [-0.4, -0.2) is 48.3 Å². The molecule has 0 radical (unpaired) electrons. The first-order valence-corrected chi connectivity index (χ1v) is 9.38. The quantitative estimate of drug-likeness (QED) is 0.863. The Kier molecular flexibility index (Phi) is 4.43. The third-order valence-corrected chi connectivity index (χ3v) is 5.76. The highest BCUT2D eigenvalue weighted by Crippen LogP contribution is 2.35. The lowest BCUT2D eigenvalue weighted by atomic mass is 9.96. The van der Waals surface area contributed by atoms with Crippen LogP contribution >= 0.6 is 0 Å². The topological polar surface area (TPSA) is 110 Å². The number of aromatic nitrogens is 1. The zero-order chi connectivity index (χ0) is 16.6. The fourth-order valence-electron chi connectivity index (χ4n) is 3.46. The van der Waals surface area contributed by atoms with Crippen molar-refractivity contribution in [3.63, 3.8) is 0 Å². The van der Waals surface area contributed by atoms with Gasteiger partial charge in [-0.2, -0.15) is 12.7 Å². The second-order valence-electron chi connectivity index (χ2n) is 6.28. The van der Waals surface area contributed by atoms with Gasteiger partial charge in [-0.15, -0.1) is 0 Å². The molecule has 1 atom stereocenters. The molecule has 2 fully saturated rings. The van der Waals surface area contributed by atoms with Gasteiger partial charge in [0.25, 0.3) is 10.2 Å². The fraction of sp³-hybridized carbons (Fsp3) is 0.714. The third kappa shape index (κ3) is 3.41. The van der Waals surface area contributed by atoms with Gasteiger partial charge in [-0.25, -0.2) is 5.14 Å². The summed E-state index contributed by atoms with van der Waals surface area (Å²) in [5.74, 6) is 0.656. The Balaban J connectivity index is 1.66. The van der Waals surface area contributed by atoms with Crippen LogP contribution in [0.5, 0.6) is 0 Å². The maximum Gasteiger partial charge on any atom is 0.276 e. The zero-order valence-electron chi connectivity index (χ0n) is 13.1. The van der Waals surface area contributed by atoms with E-state index in [9.17, 15) is 13.2 Å². The summed E-state index contributed by atoms with van der Waals surface area (Å²) in [6.07, 6.45) is 2.82. The molecule has 2 saturated heterocycles. The summed E-state index contributed by atoms with van der Waals surface area (Å²) in [6, 6.07) is 1.82. The molecular formula is C14H22N4O4S. The van der Waals surface area contributed by atoms with E-state index in [0.717, 1.165) is 24.3 Å². The van der Waals surface area contributed by atoms with Crippen LogP contribution in [0.4, 0.5) is 0 Å². The summed E-state index contributed by atoms with van der Waals surface area (Å²) < 4.78 is 29.3. The molecule has 128 valence electrons. The van der Waals surface area contributed by atoms with E-state index in [1.165, 1.54) is 4.31 Å². The number of hydrogen-bond acceptors (Lipinski definition) is 5. The van der Waals surface area contributed by atoms with Gasteiger partial charge in [0, 0.05) is 31.6 Å². The molecule has 0 aliphatic carbocycles. The van der Waals surface area contributed by atoms with Gasteiger partial charge in [0.1, 0.15) is 0 Å². The second kappa shape index (κ2) is 6.21. The molecule has 1 amide bonds. The Hall–Kier alpha value is -1.45. The van der Waals surface area contributed by atoms with E-state index in [0.29, 0.717) is 32.5 Å². The van der Waals surface area contributed by atoms with Gasteiger partial charge in [0.15, 0.2) is 5.76 Å². The predicted molar refractivity (Wildman–Crippen MR) is 82.3 cm³/mol. The number of amides is 1.